The summed E-state index contributed by atoms with van der Waals surface area (Å²) in [7, 11) is 0. The second-order valence-electron chi connectivity index (χ2n) is 7.02. The molecule has 27 heavy (non-hydrogen) atoms. The highest BCUT2D eigenvalue weighted by atomic mass is 35.5. The molecule has 0 bridgehead atoms. The van der Waals surface area contributed by atoms with Gasteiger partial charge in [0.1, 0.15) is 0 Å². The Kier molecular flexibility index (Phi) is 6.61. The molecule has 2 aromatic heterocycles. The van der Waals surface area contributed by atoms with Crippen molar-refractivity contribution in [3.63, 3.8) is 0 Å². The van der Waals surface area contributed by atoms with Crippen LogP contribution < -0.4 is 5.32 Å². The van der Waals surface area contributed by atoms with E-state index in [1.54, 1.807) is 0 Å². The van der Waals surface area contributed by atoms with Crippen molar-refractivity contribution in [2.45, 2.75) is 26.1 Å². The first kappa shape index (κ1) is 19.5. The molecular weight excluding hydrogens is 358 g/mol. The summed E-state index contributed by atoms with van der Waals surface area (Å²) in [5, 5.41) is 8.40. The lowest BCUT2D eigenvalue weighted by molar-refractivity contribution is 0.200. The molecule has 142 valence electrons. The van der Waals surface area contributed by atoms with Crippen LogP contribution in [0.4, 0.5) is 0 Å². The molecule has 1 fully saturated rings. The lowest BCUT2D eigenvalue weighted by Crippen LogP contribution is -2.48. The fraction of sp³-hybridized carbons (Fsp3) is 0.333. The molecule has 0 spiro atoms. The predicted molar refractivity (Wildman–Crippen MR) is 111 cm³/mol. The van der Waals surface area contributed by atoms with Gasteiger partial charge in [-0.15, -0.1) is 12.4 Å². The number of rotatable bonds is 5. The van der Waals surface area contributed by atoms with Crippen LogP contribution in [-0.2, 0) is 13.1 Å². The first-order valence-electron chi connectivity index (χ1n) is 9.24. The van der Waals surface area contributed by atoms with Crippen molar-refractivity contribution in [2.24, 2.45) is 0 Å². The maximum Gasteiger partial charge on any atom is 0.0983 e. The number of benzene rings is 1. The van der Waals surface area contributed by atoms with Gasteiger partial charge in [-0.3, -0.25) is 14.6 Å². The number of aromatic nitrogens is 3. The average Bonchev–Trinajstić information content (AvgIpc) is 3.05. The highest BCUT2D eigenvalue weighted by molar-refractivity contribution is 5.85. The van der Waals surface area contributed by atoms with E-state index in [0.717, 1.165) is 44.0 Å². The van der Waals surface area contributed by atoms with Gasteiger partial charge in [0.15, 0.2) is 0 Å². The summed E-state index contributed by atoms with van der Waals surface area (Å²) in [5.41, 5.74) is 4.65. The molecule has 0 amide bonds. The highest BCUT2D eigenvalue weighted by Crippen LogP contribution is 2.23. The molecule has 3 aromatic rings. The zero-order valence-corrected chi connectivity index (χ0v) is 16.4. The molecule has 1 aliphatic heterocycles. The van der Waals surface area contributed by atoms with E-state index in [9.17, 15) is 0 Å². The summed E-state index contributed by atoms with van der Waals surface area (Å²) < 4.78 is 2.05. The third-order valence-corrected chi connectivity index (χ3v) is 4.81. The molecule has 1 atom stereocenters. The topological polar surface area (TPSA) is 46.0 Å². The van der Waals surface area contributed by atoms with Gasteiger partial charge in [0.25, 0.3) is 0 Å². The van der Waals surface area contributed by atoms with Gasteiger partial charge in [0, 0.05) is 61.9 Å². The molecule has 1 aliphatic rings. The number of hydrogen-bond acceptors (Lipinski definition) is 4. The molecule has 1 N–H and O–H groups in total. The van der Waals surface area contributed by atoms with Gasteiger partial charge in [-0.05, 0) is 24.6 Å². The Morgan fingerprint density at radius 3 is 2.70 bits per heavy atom. The Hall–Kier alpha value is -2.21. The fourth-order valence-corrected chi connectivity index (χ4v) is 3.57. The number of hydrogen-bond donors (Lipinski definition) is 1. The first-order chi connectivity index (χ1) is 12.8. The molecule has 1 saturated heterocycles. The number of nitrogens with zero attached hydrogens (tertiary/aromatic N) is 4. The van der Waals surface area contributed by atoms with E-state index in [1.165, 1.54) is 11.1 Å². The molecule has 0 aliphatic carbocycles. The third kappa shape index (κ3) is 4.95. The molecule has 5 nitrogen and oxygen atoms in total. The molecule has 0 unspecified atom stereocenters. The lowest BCUT2D eigenvalue weighted by Gasteiger charge is -2.31. The van der Waals surface area contributed by atoms with Crippen LogP contribution in [0.2, 0.25) is 0 Å². The summed E-state index contributed by atoms with van der Waals surface area (Å²) in [6.07, 6.45) is 5.91. The van der Waals surface area contributed by atoms with E-state index in [1.807, 2.05) is 24.5 Å². The van der Waals surface area contributed by atoms with Crippen molar-refractivity contribution in [1.82, 2.24) is 25.0 Å². The summed E-state index contributed by atoms with van der Waals surface area (Å²) in [6, 6.07) is 15.1. The second kappa shape index (κ2) is 9.13. The van der Waals surface area contributed by atoms with E-state index >= 15 is 0 Å². The van der Waals surface area contributed by atoms with E-state index < -0.39 is 0 Å². The first-order valence-corrected chi connectivity index (χ1v) is 9.24. The standard InChI is InChI=1S/C21H25N5.ClH/c1-17-13-25(11-10-23-17)15-20-16-26(14-18-6-3-2-4-7-18)24-21(20)19-8-5-9-22-12-19;/h2-9,12,16-17,23H,10-11,13-15H2,1H3;1H/t17-;/m0./s1. The van der Waals surface area contributed by atoms with Gasteiger partial charge < -0.3 is 5.32 Å². The van der Waals surface area contributed by atoms with Gasteiger partial charge in [-0.25, -0.2) is 0 Å². The van der Waals surface area contributed by atoms with Crippen molar-refractivity contribution >= 4 is 12.4 Å². The van der Waals surface area contributed by atoms with Crippen molar-refractivity contribution in [3.05, 3.63) is 72.2 Å². The van der Waals surface area contributed by atoms with Crippen molar-refractivity contribution in [1.29, 1.82) is 0 Å². The van der Waals surface area contributed by atoms with Crippen LogP contribution in [0, 0.1) is 0 Å². The van der Waals surface area contributed by atoms with Crippen LogP contribution in [0.5, 0.6) is 0 Å². The lowest BCUT2D eigenvalue weighted by atomic mass is 10.1. The van der Waals surface area contributed by atoms with Crippen LogP contribution in [0.1, 0.15) is 18.1 Å². The molecule has 0 saturated carbocycles. The fourth-order valence-electron chi connectivity index (χ4n) is 3.57. The number of nitrogens with one attached hydrogen (secondary N) is 1. The Morgan fingerprint density at radius 2 is 1.96 bits per heavy atom. The van der Waals surface area contributed by atoms with Crippen LogP contribution in [0.25, 0.3) is 11.3 Å². The minimum Gasteiger partial charge on any atom is -0.312 e. The van der Waals surface area contributed by atoms with Crippen LogP contribution >= 0.6 is 12.4 Å². The summed E-state index contributed by atoms with van der Waals surface area (Å²) in [5.74, 6) is 0. The molecule has 3 heterocycles. The maximum atomic E-state index is 4.89. The van der Waals surface area contributed by atoms with E-state index in [0.29, 0.717) is 6.04 Å². The van der Waals surface area contributed by atoms with Crippen LogP contribution in [-0.4, -0.2) is 45.3 Å². The van der Waals surface area contributed by atoms with Crippen molar-refractivity contribution in [2.75, 3.05) is 19.6 Å². The van der Waals surface area contributed by atoms with E-state index in [4.69, 9.17) is 5.10 Å². The summed E-state index contributed by atoms with van der Waals surface area (Å²) >= 11 is 0. The Morgan fingerprint density at radius 1 is 1.11 bits per heavy atom. The third-order valence-electron chi connectivity index (χ3n) is 4.81. The maximum absolute atomic E-state index is 4.89. The van der Waals surface area contributed by atoms with Crippen LogP contribution in [0.3, 0.4) is 0 Å². The van der Waals surface area contributed by atoms with E-state index in [2.05, 4.69) is 63.3 Å². The number of pyridine rings is 1. The Balaban J connectivity index is 0.00000210. The average molecular weight is 384 g/mol. The summed E-state index contributed by atoms with van der Waals surface area (Å²) in [4.78, 5) is 6.79. The highest BCUT2D eigenvalue weighted by Gasteiger charge is 2.19. The van der Waals surface area contributed by atoms with Gasteiger partial charge >= 0.3 is 0 Å². The molecule has 0 radical (unpaired) electrons. The van der Waals surface area contributed by atoms with Gasteiger partial charge in [-0.1, -0.05) is 30.3 Å². The normalized spacial score (nSPS) is 17.4. The van der Waals surface area contributed by atoms with Crippen LogP contribution in [0.15, 0.2) is 61.1 Å². The SMILES string of the molecule is C[C@H]1CN(Cc2cn(Cc3ccccc3)nc2-c2cccnc2)CCN1.Cl. The molecular formula is C21H26ClN5. The van der Waals surface area contributed by atoms with Crippen molar-refractivity contribution < 1.29 is 0 Å². The monoisotopic (exact) mass is 383 g/mol. The Bertz CT molecular complexity index is 834. The minimum absolute atomic E-state index is 0. The zero-order valence-electron chi connectivity index (χ0n) is 15.6. The predicted octanol–water partition coefficient (Wildman–Crippen LogP) is 3.21. The number of halogens is 1. The van der Waals surface area contributed by atoms with Gasteiger partial charge in [-0.2, -0.15) is 5.10 Å². The Labute approximate surface area is 166 Å². The number of piperazine rings is 1. The van der Waals surface area contributed by atoms with Gasteiger partial charge in [0.05, 0.1) is 12.2 Å². The molecule has 6 heteroatoms. The van der Waals surface area contributed by atoms with Gasteiger partial charge in [0.2, 0.25) is 0 Å². The largest absolute Gasteiger partial charge is 0.312 e. The van der Waals surface area contributed by atoms with Crippen molar-refractivity contribution in [3.8, 4) is 11.3 Å². The van der Waals surface area contributed by atoms with E-state index in [-0.39, 0.29) is 12.4 Å². The zero-order chi connectivity index (χ0) is 17.8. The summed E-state index contributed by atoms with van der Waals surface area (Å²) in [6.45, 7) is 7.13. The molecule has 4 rings (SSSR count). The smallest absolute Gasteiger partial charge is 0.0983 e. The molecule has 1 aromatic carbocycles. The second-order valence-corrected chi connectivity index (χ2v) is 7.02. The quantitative estimate of drug-likeness (QED) is 0.734. The minimum atomic E-state index is 0.